The predicted octanol–water partition coefficient (Wildman–Crippen LogP) is 5.19. The molecule has 32 heavy (non-hydrogen) atoms. The third-order valence-corrected chi connectivity index (χ3v) is 6.04. The Morgan fingerprint density at radius 3 is 2.50 bits per heavy atom. The van der Waals surface area contributed by atoms with Crippen LogP contribution < -0.4 is 9.54 Å². The van der Waals surface area contributed by atoms with Crippen LogP contribution >= 0.6 is 11.3 Å². The zero-order valence-corrected chi connectivity index (χ0v) is 20.0. The summed E-state index contributed by atoms with van der Waals surface area (Å²) in [5.74, 6) is 0.0229. The molecule has 0 aliphatic carbocycles. The van der Waals surface area contributed by atoms with Crippen LogP contribution in [0.15, 0.2) is 41.4 Å². The van der Waals surface area contributed by atoms with Gasteiger partial charge in [-0.1, -0.05) is 37.2 Å². The molecule has 170 valence electrons. The van der Waals surface area contributed by atoms with Crippen molar-refractivity contribution in [3.63, 3.8) is 0 Å². The molecule has 0 unspecified atom stereocenters. The molecule has 1 amide bonds. The number of rotatable bonds is 9. The Labute approximate surface area is 192 Å². The number of fused-ring (bicyclic) bond motifs is 1. The van der Waals surface area contributed by atoms with Crippen molar-refractivity contribution in [1.82, 2.24) is 4.57 Å². The summed E-state index contributed by atoms with van der Waals surface area (Å²) in [6, 6.07) is 11.1. The van der Waals surface area contributed by atoms with Gasteiger partial charge in [-0.25, -0.2) is 0 Å². The van der Waals surface area contributed by atoms with Gasteiger partial charge in [0.2, 0.25) is 0 Å². The lowest BCUT2D eigenvalue weighted by Gasteiger charge is -2.08. The third-order valence-electron chi connectivity index (χ3n) is 5.02. The lowest BCUT2D eigenvalue weighted by Crippen LogP contribution is -2.23. The highest BCUT2D eigenvalue weighted by molar-refractivity contribution is 7.16. The van der Waals surface area contributed by atoms with Gasteiger partial charge in [-0.3, -0.25) is 9.59 Å². The predicted molar refractivity (Wildman–Crippen MR) is 127 cm³/mol. The second kappa shape index (κ2) is 11.1. The van der Waals surface area contributed by atoms with Crippen LogP contribution in [-0.2, 0) is 16.1 Å². The minimum atomic E-state index is -0.360. The van der Waals surface area contributed by atoms with Crippen LogP contribution in [0.4, 0.5) is 0 Å². The van der Waals surface area contributed by atoms with E-state index in [4.69, 9.17) is 9.47 Å². The first-order valence-corrected chi connectivity index (χ1v) is 11.8. The van der Waals surface area contributed by atoms with E-state index in [9.17, 15) is 9.59 Å². The van der Waals surface area contributed by atoms with Crippen molar-refractivity contribution in [2.45, 2.75) is 53.5 Å². The molecule has 0 bridgehead atoms. The second-order valence-electron chi connectivity index (χ2n) is 7.70. The summed E-state index contributed by atoms with van der Waals surface area (Å²) in [7, 11) is 0. The maximum absolute atomic E-state index is 12.9. The van der Waals surface area contributed by atoms with Crippen molar-refractivity contribution < 1.29 is 19.1 Å². The highest BCUT2D eigenvalue weighted by Crippen LogP contribution is 2.23. The van der Waals surface area contributed by atoms with E-state index in [1.165, 1.54) is 11.3 Å². The number of carbonyl (C=O) groups is 2. The molecule has 0 fully saturated rings. The van der Waals surface area contributed by atoms with Crippen molar-refractivity contribution in [1.29, 1.82) is 0 Å². The van der Waals surface area contributed by atoms with E-state index in [0.29, 0.717) is 23.6 Å². The minimum absolute atomic E-state index is 0.00833. The van der Waals surface area contributed by atoms with Crippen LogP contribution in [0, 0.1) is 13.8 Å². The largest absolute Gasteiger partial charge is 0.494 e. The van der Waals surface area contributed by atoms with Gasteiger partial charge in [0.1, 0.15) is 12.3 Å². The fraction of sp³-hybridized carbons (Fsp3) is 0.400. The maximum atomic E-state index is 12.9. The molecule has 1 aromatic heterocycles. The molecule has 3 aromatic rings. The zero-order chi connectivity index (χ0) is 23.1. The zero-order valence-electron chi connectivity index (χ0n) is 19.1. The second-order valence-corrected chi connectivity index (χ2v) is 8.71. The number of nitrogens with zero attached hydrogens (tertiary/aromatic N) is 2. The Hall–Kier alpha value is -2.93. The van der Waals surface area contributed by atoms with Crippen molar-refractivity contribution >= 4 is 33.4 Å². The SMILES string of the molecule is CCCCCOc1ccc(C(=O)N=c2sc3cc(C)cc(C)c3n2CC(=O)OCC)cc1. The summed E-state index contributed by atoms with van der Waals surface area (Å²) >= 11 is 1.40. The minimum Gasteiger partial charge on any atom is -0.494 e. The molecular formula is C25H30N2O4S. The molecule has 0 saturated heterocycles. The number of esters is 1. The quantitative estimate of drug-likeness (QED) is 0.329. The number of thiazole rings is 1. The van der Waals surface area contributed by atoms with Gasteiger partial charge in [0.15, 0.2) is 4.80 Å². The first-order valence-electron chi connectivity index (χ1n) is 11.0. The number of amides is 1. The molecular weight excluding hydrogens is 424 g/mol. The summed E-state index contributed by atoms with van der Waals surface area (Å²) in [5.41, 5.74) is 3.51. The van der Waals surface area contributed by atoms with Crippen LogP contribution in [0.1, 0.15) is 54.6 Å². The number of unbranched alkanes of at least 4 members (excludes halogenated alkanes) is 2. The number of aryl methyl sites for hydroxylation is 2. The number of ether oxygens (including phenoxy) is 2. The molecule has 2 aromatic carbocycles. The summed E-state index contributed by atoms with van der Waals surface area (Å²) in [4.78, 5) is 30.0. The van der Waals surface area contributed by atoms with E-state index < -0.39 is 0 Å². The molecule has 1 heterocycles. The van der Waals surface area contributed by atoms with E-state index >= 15 is 0 Å². The van der Waals surface area contributed by atoms with E-state index in [1.807, 2.05) is 19.9 Å². The van der Waals surface area contributed by atoms with Gasteiger partial charge >= 0.3 is 5.97 Å². The molecule has 6 nitrogen and oxygen atoms in total. The smallest absolute Gasteiger partial charge is 0.326 e. The Bertz CT molecular complexity index is 1160. The van der Waals surface area contributed by atoms with Crippen LogP contribution in [0.25, 0.3) is 10.2 Å². The summed E-state index contributed by atoms with van der Waals surface area (Å²) in [6.45, 7) is 8.92. The molecule has 0 aliphatic heterocycles. The van der Waals surface area contributed by atoms with Crippen molar-refractivity contribution in [3.8, 4) is 5.75 Å². The average molecular weight is 455 g/mol. The van der Waals surface area contributed by atoms with Crippen LogP contribution in [0.5, 0.6) is 5.75 Å². The molecule has 3 rings (SSSR count). The Morgan fingerprint density at radius 1 is 1.06 bits per heavy atom. The van der Waals surface area contributed by atoms with Gasteiger partial charge < -0.3 is 14.0 Å². The Kier molecular flexibility index (Phi) is 8.22. The highest BCUT2D eigenvalue weighted by Gasteiger charge is 2.15. The van der Waals surface area contributed by atoms with Crippen molar-refractivity contribution in [2.24, 2.45) is 4.99 Å². The third kappa shape index (κ3) is 5.85. The maximum Gasteiger partial charge on any atom is 0.326 e. The van der Waals surface area contributed by atoms with Crippen molar-refractivity contribution in [3.05, 3.63) is 57.9 Å². The normalized spacial score (nSPS) is 11.7. The molecule has 0 aliphatic rings. The van der Waals surface area contributed by atoms with E-state index in [0.717, 1.165) is 46.4 Å². The number of hydrogen-bond acceptors (Lipinski definition) is 5. The van der Waals surface area contributed by atoms with Gasteiger partial charge in [0.25, 0.3) is 5.91 Å². The van der Waals surface area contributed by atoms with Gasteiger partial charge in [0.05, 0.1) is 23.4 Å². The summed E-state index contributed by atoms with van der Waals surface area (Å²) < 4.78 is 13.6. The Balaban J connectivity index is 1.91. The first kappa shape index (κ1) is 23.7. The highest BCUT2D eigenvalue weighted by atomic mass is 32.1. The van der Waals surface area contributed by atoms with Crippen molar-refractivity contribution in [2.75, 3.05) is 13.2 Å². The summed E-state index contributed by atoms with van der Waals surface area (Å²) in [6.07, 6.45) is 3.29. The van der Waals surface area contributed by atoms with Gasteiger partial charge in [-0.2, -0.15) is 4.99 Å². The monoisotopic (exact) mass is 454 g/mol. The van der Waals surface area contributed by atoms with E-state index in [2.05, 4.69) is 18.0 Å². The number of aromatic nitrogens is 1. The molecule has 0 N–H and O–H groups in total. The number of hydrogen-bond donors (Lipinski definition) is 0. The molecule has 0 saturated carbocycles. The fourth-order valence-corrected chi connectivity index (χ4v) is 4.75. The average Bonchev–Trinajstić information content (AvgIpc) is 3.08. The first-order chi connectivity index (χ1) is 15.4. The van der Waals surface area contributed by atoms with Crippen LogP contribution in [-0.4, -0.2) is 29.7 Å². The molecule has 0 atom stereocenters. The Morgan fingerprint density at radius 2 is 1.81 bits per heavy atom. The lowest BCUT2D eigenvalue weighted by molar-refractivity contribution is -0.143. The molecule has 0 spiro atoms. The van der Waals surface area contributed by atoms with Crippen LogP contribution in [0.2, 0.25) is 0 Å². The number of benzene rings is 2. The van der Waals surface area contributed by atoms with Crippen LogP contribution in [0.3, 0.4) is 0 Å². The molecule has 7 heteroatoms. The van der Waals surface area contributed by atoms with Gasteiger partial charge in [-0.05, 0) is 68.7 Å². The molecule has 0 radical (unpaired) electrons. The lowest BCUT2D eigenvalue weighted by atomic mass is 10.1. The van der Waals surface area contributed by atoms with E-state index in [-0.39, 0.29) is 18.4 Å². The topological polar surface area (TPSA) is 69.9 Å². The van der Waals surface area contributed by atoms with Gasteiger partial charge in [0, 0.05) is 5.56 Å². The van der Waals surface area contributed by atoms with Gasteiger partial charge in [-0.15, -0.1) is 0 Å². The number of carbonyl (C=O) groups excluding carboxylic acids is 2. The fourth-order valence-electron chi connectivity index (χ4n) is 3.55. The summed E-state index contributed by atoms with van der Waals surface area (Å²) in [5, 5.41) is 0. The van der Waals surface area contributed by atoms with E-state index in [1.54, 1.807) is 35.8 Å². The standard InChI is InChI=1S/C25H30N2O4S/c1-5-7-8-13-31-20-11-9-19(10-12-20)24(29)26-25-27(16-22(28)30-6-2)23-18(4)14-17(3)15-21(23)32-25/h9-12,14-15H,5-8,13,16H2,1-4H3.